The summed E-state index contributed by atoms with van der Waals surface area (Å²) in [4.78, 5) is 24.4. The smallest absolute Gasteiger partial charge is 0.223 e. The van der Waals surface area contributed by atoms with Crippen molar-refractivity contribution in [2.24, 2.45) is 0 Å². The van der Waals surface area contributed by atoms with Crippen LogP contribution in [0.5, 0.6) is 0 Å². The number of anilines is 1. The molecule has 7 nitrogen and oxygen atoms in total. The summed E-state index contributed by atoms with van der Waals surface area (Å²) in [6, 6.07) is 4.46. The molecule has 1 saturated heterocycles. The molecule has 0 bridgehead atoms. The molecule has 3 aromatic rings. The molecule has 0 spiro atoms. The lowest BCUT2D eigenvalue weighted by Crippen LogP contribution is -2.35. The quantitative estimate of drug-likeness (QED) is 0.594. The third-order valence-electron chi connectivity index (χ3n) is 6.45. The van der Waals surface area contributed by atoms with Crippen LogP contribution < -0.4 is 5.32 Å². The number of fused-ring (bicyclic) bond motifs is 3. The van der Waals surface area contributed by atoms with Gasteiger partial charge in [-0.25, -0.2) is 4.98 Å². The van der Waals surface area contributed by atoms with Crippen molar-refractivity contribution in [3.05, 3.63) is 35.3 Å². The van der Waals surface area contributed by atoms with Crippen LogP contribution >= 0.6 is 11.3 Å². The van der Waals surface area contributed by atoms with Gasteiger partial charge < -0.3 is 5.32 Å². The van der Waals surface area contributed by atoms with Gasteiger partial charge in [0.15, 0.2) is 5.13 Å². The van der Waals surface area contributed by atoms with Crippen molar-refractivity contribution in [3.8, 4) is 34.2 Å². The fourth-order valence-corrected chi connectivity index (χ4v) is 5.97. The second-order valence-electron chi connectivity index (χ2n) is 8.85. The van der Waals surface area contributed by atoms with Crippen LogP contribution in [0.15, 0.2) is 18.3 Å². The minimum atomic E-state index is -0.0973. The van der Waals surface area contributed by atoms with Crippen LogP contribution in [-0.2, 0) is 17.6 Å². The molecule has 1 amide bonds. The van der Waals surface area contributed by atoms with E-state index in [9.17, 15) is 4.79 Å². The number of piperidine rings is 1. The molecular weight excluding hydrogens is 432 g/mol. The molecule has 0 atom stereocenters. The van der Waals surface area contributed by atoms with Crippen molar-refractivity contribution < 1.29 is 4.79 Å². The number of thiazole rings is 1. The molecule has 1 aliphatic carbocycles. The van der Waals surface area contributed by atoms with Gasteiger partial charge in [-0.3, -0.25) is 19.4 Å². The highest BCUT2D eigenvalue weighted by molar-refractivity contribution is 7.19. The van der Waals surface area contributed by atoms with E-state index in [1.807, 2.05) is 19.2 Å². The number of amides is 1. The third-order valence-corrected chi connectivity index (χ3v) is 7.47. The average molecular weight is 461 g/mol. The minimum absolute atomic E-state index is 0.0973. The molecule has 170 valence electrons. The van der Waals surface area contributed by atoms with Gasteiger partial charge in [0, 0.05) is 43.0 Å². The van der Waals surface area contributed by atoms with E-state index in [-0.39, 0.29) is 5.91 Å². The molecule has 2 aliphatic rings. The van der Waals surface area contributed by atoms with Crippen LogP contribution in [0.2, 0.25) is 0 Å². The van der Waals surface area contributed by atoms with E-state index in [1.54, 1.807) is 11.3 Å². The van der Waals surface area contributed by atoms with E-state index in [0.29, 0.717) is 17.7 Å². The second-order valence-corrected chi connectivity index (χ2v) is 9.85. The summed E-state index contributed by atoms with van der Waals surface area (Å²) in [5.41, 5.74) is 6.56. The normalized spacial score (nSPS) is 16.5. The van der Waals surface area contributed by atoms with Gasteiger partial charge in [-0.2, -0.15) is 5.10 Å². The van der Waals surface area contributed by atoms with Gasteiger partial charge in [-0.15, -0.1) is 6.42 Å². The third kappa shape index (κ3) is 4.31. The van der Waals surface area contributed by atoms with Crippen LogP contribution in [0, 0.1) is 19.3 Å². The lowest BCUT2D eigenvalue weighted by Gasteiger charge is -2.31. The van der Waals surface area contributed by atoms with Gasteiger partial charge in [-0.1, -0.05) is 17.3 Å². The Bertz CT molecular complexity index is 1210. The van der Waals surface area contributed by atoms with Crippen molar-refractivity contribution in [3.63, 3.8) is 0 Å². The maximum Gasteiger partial charge on any atom is 0.223 e. The van der Waals surface area contributed by atoms with Gasteiger partial charge in [0.2, 0.25) is 5.91 Å². The lowest BCUT2D eigenvalue weighted by molar-refractivity contribution is -0.114. The number of terminal acetylenes is 1. The van der Waals surface area contributed by atoms with Gasteiger partial charge in [0.05, 0.1) is 34.5 Å². The van der Waals surface area contributed by atoms with E-state index < -0.39 is 0 Å². The van der Waals surface area contributed by atoms with Crippen LogP contribution in [0.4, 0.5) is 5.13 Å². The van der Waals surface area contributed by atoms with Crippen molar-refractivity contribution in [2.45, 2.75) is 52.0 Å². The Kier molecular flexibility index (Phi) is 6.00. The maximum atomic E-state index is 11.7. The average Bonchev–Trinajstić information content (AvgIpc) is 3.31. The molecule has 3 aromatic heterocycles. The fraction of sp³-hybridized carbons (Fsp3) is 0.440. The number of carbonyl (C=O) groups excluding carboxylic acids is 1. The number of pyridine rings is 1. The summed E-state index contributed by atoms with van der Waals surface area (Å²) in [6.45, 7) is 6.16. The molecule has 4 heterocycles. The second kappa shape index (κ2) is 9.08. The zero-order chi connectivity index (χ0) is 22.9. The standard InChI is InChI=1S/C25H28N6OS/c1-4-12-30-13-10-19(11-14-30)31-23-20(22(29-31)18-9-8-16(2)26-15-18)6-5-7-21-24(23)33-25(28-21)27-17(3)32/h1,8-9,15,19H,5-7,10-14H2,2-3H3,(H,27,28,32). The number of aromatic nitrogens is 4. The summed E-state index contributed by atoms with van der Waals surface area (Å²) in [6.07, 6.45) is 12.3. The fourth-order valence-electron chi connectivity index (χ4n) is 4.84. The molecule has 1 fully saturated rings. The van der Waals surface area contributed by atoms with E-state index >= 15 is 0 Å². The van der Waals surface area contributed by atoms with Gasteiger partial charge >= 0.3 is 0 Å². The van der Waals surface area contributed by atoms with Gasteiger partial charge in [0.1, 0.15) is 0 Å². The Labute approximate surface area is 198 Å². The monoisotopic (exact) mass is 460 g/mol. The van der Waals surface area contributed by atoms with Crippen LogP contribution in [0.3, 0.4) is 0 Å². The van der Waals surface area contributed by atoms with E-state index in [2.05, 4.69) is 31.9 Å². The van der Waals surface area contributed by atoms with Crippen molar-refractivity contribution in [1.29, 1.82) is 0 Å². The molecule has 0 aromatic carbocycles. The topological polar surface area (TPSA) is 75.9 Å². The van der Waals surface area contributed by atoms with Gasteiger partial charge in [-0.05, 0) is 51.2 Å². The molecule has 33 heavy (non-hydrogen) atoms. The number of hydrogen-bond acceptors (Lipinski definition) is 6. The highest BCUT2D eigenvalue weighted by Crippen LogP contribution is 2.44. The Hall–Kier alpha value is -3.02. The summed E-state index contributed by atoms with van der Waals surface area (Å²) in [7, 11) is 0. The molecule has 0 radical (unpaired) electrons. The first-order valence-electron chi connectivity index (χ1n) is 11.5. The Morgan fingerprint density at radius 3 is 2.82 bits per heavy atom. The van der Waals surface area contributed by atoms with E-state index in [4.69, 9.17) is 16.5 Å². The summed E-state index contributed by atoms with van der Waals surface area (Å²) in [5, 5.41) is 8.75. The Balaban J connectivity index is 1.62. The van der Waals surface area contributed by atoms with Crippen molar-refractivity contribution in [1.82, 2.24) is 24.6 Å². The van der Waals surface area contributed by atoms with Crippen LogP contribution in [0.1, 0.15) is 49.2 Å². The first-order chi connectivity index (χ1) is 16.0. The Morgan fingerprint density at radius 1 is 1.30 bits per heavy atom. The number of nitrogens with one attached hydrogen (secondary N) is 1. The number of rotatable bonds is 4. The predicted molar refractivity (Wildman–Crippen MR) is 131 cm³/mol. The zero-order valence-corrected chi connectivity index (χ0v) is 19.9. The van der Waals surface area contributed by atoms with Crippen LogP contribution in [0.25, 0.3) is 21.8 Å². The zero-order valence-electron chi connectivity index (χ0n) is 19.1. The van der Waals surface area contributed by atoms with Crippen molar-refractivity contribution >= 4 is 22.4 Å². The molecule has 5 rings (SSSR count). The van der Waals surface area contributed by atoms with E-state index in [1.165, 1.54) is 18.2 Å². The first-order valence-corrected chi connectivity index (χ1v) is 12.3. The number of likely N-dealkylation sites (tertiary alicyclic amines) is 1. The summed E-state index contributed by atoms with van der Waals surface area (Å²) < 4.78 is 2.25. The Morgan fingerprint density at radius 2 is 2.12 bits per heavy atom. The lowest BCUT2D eigenvalue weighted by atomic mass is 10.0. The SMILES string of the molecule is C#CCN1CCC(n2nc(-c3ccc(C)nc3)c3c2-c2sc(NC(C)=O)nc2CCC3)CC1. The number of aryl methyl sites for hydroxylation is 2. The molecule has 1 N–H and O–H groups in total. The van der Waals surface area contributed by atoms with E-state index in [0.717, 1.165) is 72.7 Å². The number of carbonyl (C=O) groups is 1. The molecule has 8 heteroatoms. The first kappa shape index (κ1) is 21.8. The number of nitrogens with zero attached hydrogens (tertiary/aromatic N) is 5. The molecule has 0 unspecified atom stereocenters. The highest BCUT2D eigenvalue weighted by Gasteiger charge is 2.31. The maximum absolute atomic E-state index is 11.7. The molecular formula is C25H28N6OS. The number of hydrogen-bond donors (Lipinski definition) is 1. The predicted octanol–water partition coefficient (Wildman–Crippen LogP) is 4.09. The summed E-state index contributed by atoms with van der Waals surface area (Å²) in [5.74, 6) is 2.67. The largest absolute Gasteiger partial charge is 0.302 e. The molecule has 0 saturated carbocycles. The van der Waals surface area contributed by atoms with Crippen LogP contribution in [-0.4, -0.2) is 50.2 Å². The minimum Gasteiger partial charge on any atom is -0.302 e. The van der Waals surface area contributed by atoms with Gasteiger partial charge in [0.25, 0.3) is 0 Å². The van der Waals surface area contributed by atoms with Crippen molar-refractivity contribution in [2.75, 3.05) is 25.0 Å². The summed E-state index contributed by atoms with van der Waals surface area (Å²) >= 11 is 1.56. The highest BCUT2D eigenvalue weighted by atomic mass is 32.1. The molecule has 1 aliphatic heterocycles.